The van der Waals surface area contributed by atoms with Crippen LogP contribution in [0.15, 0.2) is 30.3 Å². The van der Waals surface area contributed by atoms with Crippen molar-refractivity contribution in [2.24, 2.45) is 5.73 Å². The molecule has 0 spiro atoms. The molecule has 2 atom stereocenters. The average Bonchev–Trinajstić information content (AvgIpc) is 2.39. The fourth-order valence-electron chi connectivity index (χ4n) is 1.12. The van der Waals surface area contributed by atoms with Crippen LogP contribution in [-0.2, 0) is 9.53 Å². The van der Waals surface area contributed by atoms with Crippen molar-refractivity contribution in [1.82, 2.24) is 0 Å². The summed E-state index contributed by atoms with van der Waals surface area (Å²) in [7, 11) is 1.21. The van der Waals surface area contributed by atoms with Crippen molar-refractivity contribution in [1.29, 1.82) is 0 Å². The fourth-order valence-corrected chi connectivity index (χ4v) is 1.12. The Labute approximate surface area is 96.0 Å². The van der Waals surface area contributed by atoms with Gasteiger partial charge in [0.25, 0.3) is 0 Å². The van der Waals surface area contributed by atoms with Crippen LogP contribution in [0.3, 0.4) is 0 Å². The third-order valence-corrected chi connectivity index (χ3v) is 1.97. The number of aliphatic hydroxyl groups is 1. The van der Waals surface area contributed by atoms with E-state index in [2.05, 4.69) is 4.74 Å². The van der Waals surface area contributed by atoms with Crippen LogP contribution in [0.25, 0.3) is 0 Å². The highest BCUT2D eigenvalue weighted by atomic mass is 16.5. The first-order chi connectivity index (χ1) is 7.66. The summed E-state index contributed by atoms with van der Waals surface area (Å²) in [5.41, 5.74) is 6.36. The van der Waals surface area contributed by atoms with Gasteiger partial charge in [0.1, 0.15) is 0 Å². The van der Waals surface area contributed by atoms with Gasteiger partial charge in [-0.15, -0.1) is 0 Å². The quantitative estimate of drug-likeness (QED) is 0.759. The lowest BCUT2D eigenvalue weighted by atomic mass is 10.0. The molecule has 0 saturated carbocycles. The van der Waals surface area contributed by atoms with E-state index in [0.29, 0.717) is 5.56 Å². The second kappa shape index (κ2) is 7.84. The molecule has 0 aliphatic rings. The molecule has 2 unspecified atom stereocenters. The van der Waals surface area contributed by atoms with Crippen LogP contribution in [0.1, 0.15) is 25.5 Å². The molecule has 0 heterocycles. The predicted molar refractivity (Wildman–Crippen MR) is 62.7 cm³/mol. The van der Waals surface area contributed by atoms with E-state index in [1.165, 1.54) is 7.11 Å². The molecular formula is C12H19NO3. The van der Waals surface area contributed by atoms with Crippen molar-refractivity contribution in [3.05, 3.63) is 35.9 Å². The second-order valence-electron chi connectivity index (χ2n) is 2.90. The average molecular weight is 225 g/mol. The van der Waals surface area contributed by atoms with Crippen molar-refractivity contribution in [3.8, 4) is 0 Å². The molecular weight excluding hydrogens is 206 g/mol. The van der Waals surface area contributed by atoms with Crippen LogP contribution in [0.2, 0.25) is 0 Å². The number of carbonyl (C=O) groups is 1. The van der Waals surface area contributed by atoms with Crippen LogP contribution in [0.4, 0.5) is 0 Å². The Morgan fingerprint density at radius 1 is 1.31 bits per heavy atom. The minimum atomic E-state index is -1.32. The van der Waals surface area contributed by atoms with Crippen molar-refractivity contribution in [3.63, 3.8) is 0 Å². The SMILES string of the molecule is CC.COC(=O)C(O)C(N)c1ccccc1. The summed E-state index contributed by atoms with van der Waals surface area (Å²) in [4.78, 5) is 11.0. The molecule has 1 aromatic carbocycles. The summed E-state index contributed by atoms with van der Waals surface area (Å²) < 4.78 is 4.39. The van der Waals surface area contributed by atoms with Crippen LogP contribution in [0, 0.1) is 0 Å². The maximum absolute atomic E-state index is 11.0. The zero-order chi connectivity index (χ0) is 12.6. The van der Waals surface area contributed by atoms with Crippen LogP contribution in [0.5, 0.6) is 0 Å². The van der Waals surface area contributed by atoms with Gasteiger partial charge in [-0.1, -0.05) is 44.2 Å². The molecule has 4 nitrogen and oxygen atoms in total. The van der Waals surface area contributed by atoms with E-state index in [1.54, 1.807) is 24.3 Å². The Morgan fingerprint density at radius 2 is 1.81 bits per heavy atom. The van der Waals surface area contributed by atoms with Crippen molar-refractivity contribution in [2.75, 3.05) is 7.11 Å². The Kier molecular flexibility index (Phi) is 7.16. The lowest BCUT2D eigenvalue weighted by Crippen LogP contribution is -2.34. The standard InChI is InChI=1S/C10H13NO3.C2H6/c1-14-10(13)9(12)8(11)7-5-3-2-4-6-7;1-2/h2-6,8-9,12H,11H2,1H3;1-2H3. The zero-order valence-corrected chi connectivity index (χ0v) is 9.88. The molecule has 0 saturated heterocycles. The van der Waals surface area contributed by atoms with E-state index in [4.69, 9.17) is 5.73 Å². The Hall–Kier alpha value is -1.39. The molecule has 0 fully saturated rings. The number of benzene rings is 1. The highest BCUT2D eigenvalue weighted by Crippen LogP contribution is 2.14. The Balaban J connectivity index is 0.00000106. The van der Waals surface area contributed by atoms with Crippen molar-refractivity contribution in [2.45, 2.75) is 26.0 Å². The van der Waals surface area contributed by atoms with Gasteiger partial charge in [0, 0.05) is 0 Å². The number of nitrogens with two attached hydrogens (primary N) is 1. The molecule has 1 aromatic rings. The van der Waals surface area contributed by atoms with Gasteiger partial charge < -0.3 is 15.6 Å². The summed E-state index contributed by atoms with van der Waals surface area (Å²) in [6, 6.07) is 8.16. The lowest BCUT2D eigenvalue weighted by Gasteiger charge is -2.16. The van der Waals surface area contributed by atoms with Crippen molar-refractivity contribution >= 4 is 5.97 Å². The van der Waals surface area contributed by atoms with Gasteiger partial charge in [0.05, 0.1) is 13.2 Å². The monoisotopic (exact) mass is 225 g/mol. The smallest absolute Gasteiger partial charge is 0.336 e. The topological polar surface area (TPSA) is 72.5 Å². The number of hydrogen-bond donors (Lipinski definition) is 2. The van der Waals surface area contributed by atoms with Gasteiger partial charge in [0.2, 0.25) is 0 Å². The summed E-state index contributed by atoms with van der Waals surface area (Å²) in [5, 5.41) is 9.44. The van der Waals surface area contributed by atoms with Crippen molar-refractivity contribution < 1.29 is 14.6 Å². The molecule has 3 N–H and O–H groups in total. The number of esters is 1. The van der Waals surface area contributed by atoms with Gasteiger partial charge in [0.15, 0.2) is 6.10 Å². The van der Waals surface area contributed by atoms with E-state index < -0.39 is 18.1 Å². The number of carbonyl (C=O) groups excluding carboxylic acids is 1. The summed E-state index contributed by atoms with van der Waals surface area (Å²) in [6.07, 6.45) is -1.32. The molecule has 4 heteroatoms. The summed E-state index contributed by atoms with van der Waals surface area (Å²) in [5.74, 6) is -0.721. The van der Waals surface area contributed by atoms with E-state index in [-0.39, 0.29) is 0 Å². The maximum atomic E-state index is 11.0. The minimum absolute atomic E-state index is 0.699. The first-order valence-electron chi connectivity index (χ1n) is 5.23. The number of methoxy groups -OCH3 is 1. The van der Waals surface area contributed by atoms with Gasteiger partial charge in [-0.3, -0.25) is 0 Å². The van der Waals surface area contributed by atoms with Crippen LogP contribution in [-0.4, -0.2) is 24.3 Å². The summed E-state index contributed by atoms with van der Waals surface area (Å²) >= 11 is 0. The highest BCUT2D eigenvalue weighted by Gasteiger charge is 2.24. The molecule has 0 aromatic heterocycles. The molecule has 0 bridgehead atoms. The maximum Gasteiger partial charge on any atom is 0.336 e. The lowest BCUT2D eigenvalue weighted by molar-refractivity contribution is -0.151. The van der Waals surface area contributed by atoms with Gasteiger partial charge in [-0.2, -0.15) is 0 Å². The Morgan fingerprint density at radius 3 is 2.25 bits per heavy atom. The van der Waals surface area contributed by atoms with E-state index in [1.807, 2.05) is 19.9 Å². The zero-order valence-electron chi connectivity index (χ0n) is 9.88. The van der Waals surface area contributed by atoms with E-state index in [9.17, 15) is 9.90 Å². The first kappa shape index (κ1) is 14.6. The van der Waals surface area contributed by atoms with Gasteiger partial charge >= 0.3 is 5.97 Å². The molecule has 16 heavy (non-hydrogen) atoms. The number of ether oxygens (including phenoxy) is 1. The van der Waals surface area contributed by atoms with Crippen LogP contribution < -0.4 is 5.73 Å². The highest BCUT2D eigenvalue weighted by molar-refractivity contribution is 5.75. The minimum Gasteiger partial charge on any atom is -0.467 e. The molecule has 1 rings (SSSR count). The fraction of sp³-hybridized carbons (Fsp3) is 0.417. The second-order valence-corrected chi connectivity index (χ2v) is 2.90. The number of aliphatic hydroxyl groups excluding tert-OH is 1. The third kappa shape index (κ3) is 4.00. The normalized spacial score (nSPS) is 13.1. The summed E-state index contributed by atoms with van der Waals surface area (Å²) in [6.45, 7) is 4.00. The molecule has 0 aliphatic heterocycles. The number of hydrogen-bond acceptors (Lipinski definition) is 4. The Bertz CT molecular complexity index is 300. The first-order valence-corrected chi connectivity index (χ1v) is 5.23. The molecule has 0 radical (unpaired) electrons. The van der Waals surface area contributed by atoms with E-state index >= 15 is 0 Å². The third-order valence-electron chi connectivity index (χ3n) is 1.97. The van der Waals surface area contributed by atoms with Crippen LogP contribution >= 0.6 is 0 Å². The van der Waals surface area contributed by atoms with Gasteiger partial charge in [-0.05, 0) is 5.56 Å². The molecule has 90 valence electrons. The molecule has 0 aliphatic carbocycles. The van der Waals surface area contributed by atoms with E-state index in [0.717, 1.165) is 0 Å². The predicted octanol–water partition coefficient (Wildman–Crippen LogP) is 1.25. The number of rotatable bonds is 3. The molecule has 0 amide bonds. The van der Waals surface area contributed by atoms with Gasteiger partial charge in [-0.25, -0.2) is 4.79 Å². The largest absolute Gasteiger partial charge is 0.467 e.